The van der Waals surface area contributed by atoms with Crippen LogP contribution in [0.4, 0.5) is 8.78 Å². The monoisotopic (exact) mass is 263 g/mol. The van der Waals surface area contributed by atoms with Gasteiger partial charge < -0.3 is 10.5 Å². The van der Waals surface area contributed by atoms with Gasteiger partial charge in [-0.15, -0.1) is 0 Å². The third-order valence-electron chi connectivity index (χ3n) is 2.63. The van der Waals surface area contributed by atoms with Gasteiger partial charge in [0.15, 0.2) is 11.6 Å². The van der Waals surface area contributed by atoms with Crippen LogP contribution in [0.15, 0.2) is 42.5 Å². The van der Waals surface area contributed by atoms with Crippen molar-refractivity contribution in [2.24, 2.45) is 5.73 Å². The first-order valence-corrected chi connectivity index (χ1v) is 6.02. The molecule has 0 bridgehead atoms. The maximum atomic E-state index is 13.5. The molecule has 4 heteroatoms. The predicted octanol–water partition coefficient (Wildman–Crippen LogP) is 3.65. The Morgan fingerprint density at radius 1 is 1.11 bits per heavy atom. The molecule has 0 spiro atoms. The Labute approximate surface area is 110 Å². The molecule has 0 saturated carbocycles. The van der Waals surface area contributed by atoms with Crippen molar-refractivity contribution >= 4 is 0 Å². The maximum absolute atomic E-state index is 13.5. The number of ether oxygens (including phenoxy) is 1. The number of benzene rings is 2. The van der Waals surface area contributed by atoms with E-state index in [4.69, 9.17) is 10.5 Å². The molecule has 19 heavy (non-hydrogen) atoms. The van der Waals surface area contributed by atoms with Crippen molar-refractivity contribution < 1.29 is 13.5 Å². The van der Waals surface area contributed by atoms with Crippen molar-refractivity contribution in [1.82, 2.24) is 0 Å². The van der Waals surface area contributed by atoms with Gasteiger partial charge in [0.1, 0.15) is 11.6 Å². The van der Waals surface area contributed by atoms with Crippen molar-refractivity contribution in [3.63, 3.8) is 0 Å². The zero-order valence-electron chi connectivity index (χ0n) is 10.6. The molecule has 0 heterocycles. The zero-order valence-corrected chi connectivity index (χ0v) is 10.6. The van der Waals surface area contributed by atoms with Crippen molar-refractivity contribution in [1.29, 1.82) is 0 Å². The number of hydrogen-bond acceptors (Lipinski definition) is 2. The summed E-state index contributed by atoms with van der Waals surface area (Å²) in [5.74, 6) is -0.826. The van der Waals surface area contributed by atoms with E-state index in [1.54, 1.807) is 12.1 Å². The van der Waals surface area contributed by atoms with Crippen LogP contribution in [0.3, 0.4) is 0 Å². The molecule has 0 aliphatic rings. The van der Waals surface area contributed by atoms with Crippen molar-refractivity contribution in [3.8, 4) is 11.5 Å². The molecular weight excluding hydrogens is 248 g/mol. The molecule has 0 aromatic heterocycles. The molecule has 1 atom stereocenters. The highest BCUT2D eigenvalue weighted by atomic mass is 19.1. The summed E-state index contributed by atoms with van der Waals surface area (Å²) in [4.78, 5) is 0. The van der Waals surface area contributed by atoms with Crippen LogP contribution in [0.25, 0.3) is 0 Å². The first kappa shape index (κ1) is 13.5. The Hall–Kier alpha value is -1.94. The average molecular weight is 263 g/mol. The van der Waals surface area contributed by atoms with Crippen molar-refractivity contribution in [2.45, 2.75) is 19.4 Å². The molecule has 0 saturated heterocycles. The molecule has 0 aliphatic carbocycles. The average Bonchev–Trinajstić information content (AvgIpc) is 2.34. The van der Waals surface area contributed by atoms with E-state index in [0.717, 1.165) is 17.7 Å². The lowest BCUT2D eigenvalue weighted by atomic mass is 10.1. The summed E-state index contributed by atoms with van der Waals surface area (Å²) in [6.07, 6.45) is 0.624. The van der Waals surface area contributed by atoms with Crippen LogP contribution >= 0.6 is 0 Å². The minimum absolute atomic E-state index is 0.00137. The highest BCUT2D eigenvalue weighted by Crippen LogP contribution is 2.28. The Bertz CT molecular complexity index is 570. The smallest absolute Gasteiger partial charge is 0.168 e. The number of nitrogens with two attached hydrogens (primary N) is 1. The van der Waals surface area contributed by atoms with E-state index in [0.29, 0.717) is 12.2 Å². The molecular formula is C15H15F2NO. The van der Waals surface area contributed by atoms with Crippen LogP contribution in [-0.2, 0) is 6.42 Å². The number of para-hydroxylation sites is 1. The highest BCUT2D eigenvalue weighted by molar-refractivity contribution is 5.38. The summed E-state index contributed by atoms with van der Waals surface area (Å²) in [7, 11) is 0. The van der Waals surface area contributed by atoms with Gasteiger partial charge >= 0.3 is 0 Å². The lowest BCUT2D eigenvalue weighted by Gasteiger charge is -2.13. The van der Waals surface area contributed by atoms with Crippen LogP contribution in [-0.4, -0.2) is 6.04 Å². The maximum Gasteiger partial charge on any atom is 0.168 e. The number of hydrogen-bond donors (Lipinski definition) is 1. The van der Waals surface area contributed by atoms with Gasteiger partial charge in [-0.2, -0.15) is 0 Å². The molecule has 2 aromatic carbocycles. The van der Waals surface area contributed by atoms with Crippen molar-refractivity contribution in [2.75, 3.05) is 0 Å². The summed E-state index contributed by atoms with van der Waals surface area (Å²) in [6.45, 7) is 1.88. The third kappa shape index (κ3) is 3.51. The normalized spacial score (nSPS) is 12.2. The fourth-order valence-corrected chi connectivity index (χ4v) is 1.80. The summed E-state index contributed by atoms with van der Waals surface area (Å²) in [5.41, 5.74) is 6.65. The minimum atomic E-state index is -0.726. The molecule has 0 amide bonds. The summed E-state index contributed by atoms with van der Waals surface area (Å²) >= 11 is 0. The predicted molar refractivity (Wildman–Crippen MR) is 70.2 cm³/mol. The Balaban J connectivity index is 2.27. The van der Waals surface area contributed by atoms with Gasteiger partial charge in [-0.05, 0) is 37.1 Å². The second kappa shape index (κ2) is 5.80. The minimum Gasteiger partial charge on any atom is -0.454 e. The van der Waals surface area contributed by atoms with Crippen LogP contribution in [0.1, 0.15) is 12.5 Å². The largest absolute Gasteiger partial charge is 0.454 e. The van der Waals surface area contributed by atoms with E-state index in [1.807, 2.05) is 19.1 Å². The van der Waals surface area contributed by atoms with Gasteiger partial charge in [-0.1, -0.05) is 18.2 Å². The summed E-state index contributed by atoms with van der Waals surface area (Å²) in [5, 5.41) is 0. The second-order valence-electron chi connectivity index (χ2n) is 4.47. The quantitative estimate of drug-likeness (QED) is 0.913. The topological polar surface area (TPSA) is 35.2 Å². The van der Waals surface area contributed by atoms with Gasteiger partial charge in [0.25, 0.3) is 0 Å². The van der Waals surface area contributed by atoms with E-state index >= 15 is 0 Å². The molecule has 0 aliphatic heterocycles. The standard InChI is InChI=1S/C15H15F2NO/c1-10(18)8-11-4-2-3-5-14(11)19-15-7-6-12(16)9-13(15)17/h2-7,9-10H,8,18H2,1H3. The van der Waals surface area contributed by atoms with Crippen LogP contribution in [0.5, 0.6) is 11.5 Å². The van der Waals surface area contributed by atoms with Gasteiger partial charge in [-0.25, -0.2) is 8.78 Å². The van der Waals surface area contributed by atoms with E-state index in [2.05, 4.69) is 0 Å². The molecule has 0 fully saturated rings. The van der Waals surface area contributed by atoms with E-state index < -0.39 is 11.6 Å². The Morgan fingerprint density at radius 3 is 2.53 bits per heavy atom. The first-order valence-electron chi connectivity index (χ1n) is 6.02. The molecule has 100 valence electrons. The van der Waals surface area contributed by atoms with Crippen LogP contribution < -0.4 is 10.5 Å². The summed E-state index contributed by atoms with van der Waals surface area (Å²) in [6, 6.07) is 10.5. The molecule has 2 rings (SSSR count). The van der Waals surface area contributed by atoms with E-state index in [-0.39, 0.29) is 11.8 Å². The van der Waals surface area contributed by atoms with Crippen molar-refractivity contribution in [3.05, 3.63) is 59.7 Å². The SMILES string of the molecule is CC(N)Cc1ccccc1Oc1ccc(F)cc1F. The van der Waals surface area contributed by atoms with Gasteiger partial charge in [0.2, 0.25) is 0 Å². The van der Waals surface area contributed by atoms with Crippen LogP contribution in [0, 0.1) is 11.6 Å². The molecule has 2 N–H and O–H groups in total. The second-order valence-corrected chi connectivity index (χ2v) is 4.47. The van der Waals surface area contributed by atoms with Gasteiger partial charge in [-0.3, -0.25) is 0 Å². The van der Waals surface area contributed by atoms with E-state index in [1.165, 1.54) is 6.07 Å². The molecule has 2 aromatic rings. The highest BCUT2D eigenvalue weighted by Gasteiger charge is 2.10. The third-order valence-corrected chi connectivity index (χ3v) is 2.63. The fraction of sp³-hybridized carbons (Fsp3) is 0.200. The zero-order chi connectivity index (χ0) is 13.8. The molecule has 2 nitrogen and oxygen atoms in total. The van der Waals surface area contributed by atoms with Crippen LogP contribution in [0.2, 0.25) is 0 Å². The Morgan fingerprint density at radius 2 is 1.84 bits per heavy atom. The lowest BCUT2D eigenvalue weighted by molar-refractivity contribution is 0.432. The molecule has 1 unspecified atom stereocenters. The van der Waals surface area contributed by atoms with Gasteiger partial charge in [0.05, 0.1) is 0 Å². The molecule has 0 radical (unpaired) electrons. The Kier molecular flexibility index (Phi) is 4.12. The lowest BCUT2D eigenvalue weighted by Crippen LogP contribution is -2.18. The van der Waals surface area contributed by atoms with E-state index in [9.17, 15) is 8.78 Å². The number of rotatable bonds is 4. The summed E-state index contributed by atoms with van der Waals surface area (Å²) < 4.78 is 31.9. The van der Waals surface area contributed by atoms with Gasteiger partial charge in [0, 0.05) is 12.1 Å². The fourth-order valence-electron chi connectivity index (χ4n) is 1.80. The number of halogens is 2. The first-order chi connectivity index (χ1) is 9.06.